The minimum absolute atomic E-state index is 0.186. The average Bonchev–Trinajstić information content (AvgIpc) is 3.12. The van der Waals surface area contributed by atoms with Crippen LogP contribution in [0.25, 0.3) is 28.1 Å². The molecule has 1 atom stereocenters. The topological polar surface area (TPSA) is 126 Å². The number of halogens is 3. The molecule has 0 saturated carbocycles. The summed E-state index contributed by atoms with van der Waals surface area (Å²) in [5.41, 5.74) is 3.02. The van der Waals surface area contributed by atoms with E-state index in [1.54, 1.807) is 15.5 Å². The number of nitrogens with zero attached hydrogens (tertiary/aromatic N) is 6. The fourth-order valence-electron chi connectivity index (χ4n) is 3.33. The Labute approximate surface area is 192 Å². The van der Waals surface area contributed by atoms with Gasteiger partial charge in [0.1, 0.15) is 34.4 Å². The minimum Gasteiger partial charge on any atom is -0.302 e. The highest BCUT2D eigenvalue weighted by Crippen LogP contribution is 2.34. The zero-order valence-electron chi connectivity index (χ0n) is 17.7. The molecule has 0 fully saturated rings. The summed E-state index contributed by atoms with van der Waals surface area (Å²) in [4.78, 5) is 16.1. The Morgan fingerprint density at radius 1 is 1.12 bits per heavy atom. The lowest BCUT2D eigenvalue weighted by molar-refractivity contribution is -0.147. The van der Waals surface area contributed by atoms with Gasteiger partial charge in [0.2, 0.25) is 10.0 Å². The Hall–Kier alpha value is -3.89. The maximum absolute atomic E-state index is 12.8. The van der Waals surface area contributed by atoms with Crippen molar-refractivity contribution in [2.24, 2.45) is 0 Å². The van der Waals surface area contributed by atoms with Gasteiger partial charge in [0.25, 0.3) is 0 Å². The molecular formula is C21H16F3N7O2S. The Morgan fingerprint density at radius 2 is 1.82 bits per heavy atom. The van der Waals surface area contributed by atoms with Crippen LogP contribution in [0.2, 0.25) is 0 Å². The molecule has 0 aromatic carbocycles. The molecule has 0 amide bonds. The summed E-state index contributed by atoms with van der Waals surface area (Å²) in [6, 6.07) is 4.09. The largest absolute Gasteiger partial charge is 0.404 e. The third-order valence-corrected chi connectivity index (χ3v) is 6.50. The first kappa shape index (κ1) is 23.3. The van der Waals surface area contributed by atoms with Gasteiger partial charge in [-0.3, -0.25) is 9.97 Å². The molecule has 0 spiro atoms. The minimum atomic E-state index is -4.74. The number of sulfonamides is 1. The highest BCUT2D eigenvalue weighted by atomic mass is 32.2. The van der Waals surface area contributed by atoms with Crippen LogP contribution in [0.1, 0.15) is 18.1 Å². The number of aromatic nitrogens is 5. The average molecular weight is 487 g/mol. The maximum atomic E-state index is 12.8. The fraction of sp³-hybridized carbons (Fsp3) is 0.190. The Bertz CT molecular complexity index is 1510. The van der Waals surface area contributed by atoms with E-state index in [4.69, 9.17) is 0 Å². The zero-order valence-corrected chi connectivity index (χ0v) is 18.6. The van der Waals surface area contributed by atoms with Crippen LogP contribution in [0.15, 0.2) is 54.2 Å². The van der Waals surface area contributed by atoms with Crippen LogP contribution in [-0.4, -0.2) is 45.1 Å². The van der Waals surface area contributed by atoms with Gasteiger partial charge in [-0.25, -0.2) is 18.4 Å². The van der Waals surface area contributed by atoms with Gasteiger partial charge in [-0.05, 0) is 37.6 Å². The van der Waals surface area contributed by atoms with Crippen molar-refractivity contribution in [1.29, 1.82) is 5.26 Å². The lowest BCUT2D eigenvalue weighted by atomic mass is 10.1. The van der Waals surface area contributed by atoms with Crippen molar-refractivity contribution in [2.45, 2.75) is 31.0 Å². The number of fused-ring (bicyclic) bond motifs is 1. The van der Waals surface area contributed by atoms with E-state index in [-0.39, 0.29) is 11.3 Å². The molecule has 0 aliphatic rings. The van der Waals surface area contributed by atoms with Crippen molar-refractivity contribution in [3.63, 3.8) is 0 Å². The van der Waals surface area contributed by atoms with E-state index in [1.807, 2.05) is 13.0 Å². The van der Waals surface area contributed by atoms with E-state index < -0.39 is 27.1 Å². The van der Waals surface area contributed by atoms with Crippen molar-refractivity contribution in [3.05, 3.63) is 60.4 Å². The summed E-state index contributed by atoms with van der Waals surface area (Å²) in [5.74, 6) is 0. The summed E-state index contributed by atoms with van der Waals surface area (Å²) in [5, 5.41) is 9.89. The number of hydrogen-bond donors (Lipinski definition) is 1. The number of alkyl halides is 3. The number of rotatable bonds is 5. The molecule has 0 saturated heterocycles. The van der Waals surface area contributed by atoms with Gasteiger partial charge >= 0.3 is 6.18 Å². The molecule has 0 bridgehead atoms. The molecule has 1 N–H and O–H groups in total. The molecule has 9 nitrogen and oxygen atoms in total. The van der Waals surface area contributed by atoms with Gasteiger partial charge in [-0.2, -0.15) is 23.2 Å². The van der Waals surface area contributed by atoms with Crippen LogP contribution in [-0.2, 0) is 10.0 Å². The molecule has 34 heavy (non-hydrogen) atoms. The SMILES string of the molecule is Cc1cnc2c(C#N)c(-c3ccc(S(=O)(=O)NC(C)C(F)(F)F)cn3)n(-c3cncnc3)c2c1. The third kappa shape index (κ3) is 4.20. The third-order valence-electron chi connectivity index (χ3n) is 4.97. The number of pyridine rings is 2. The standard InChI is InChI=1S/C21H16F3N7O2S/c1-12-5-18-19(29-7-12)16(6-25)20(31(18)14-8-26-11-27-9-14)17-4-3-15(10-28-17)34(32,33)30-13(2)21(22,23)24/h3-5,7-11,13,30H,1-2H3. The molecule has 4 heterocycles. The second-order valence-corrected chi connectivity index (χ2v) is 9.13. The predicted molar refractivity (Wildman–Crippen MR) is 115 cm³/mol. The summed E-state index contributed by atoms with van der Waals surface area (Å²) in [6.45, 7) is 2.54. The van der Waals surface area contributed by atoms with E-state index in [0.717, 1.165) is 17.8 Å². The summed E-state index contributed by atoms with van der Waals surface area (Å²) in [6.07, 6.45) is 2.20. The second kappa shape index (κ2) is 8.47. The van der Waals surface area contributed by atoms with E-state index in [2.05, 4.69) is 26.0 Å². The summed E-state index contributed by atoms with van der Waals surface area (Å²) >= 11 is 0. The quantitative estimate of drug-likeness (QED) is 0.458. The van der Waals surface area contributed by atoms with Crippen molar-refractivity contribution < 1.29 is 21.6 Å². The van der Waals surface area contributed by atoms with Gasteiger partial charge in [0, 0.05) is 12.4 Å². The number of hydrogen-bond acceptors (Lipinski definition) is 7. The zero-order chi connectivity index (χ0) is 24.7. The molecule has 174 valence electrons. The molecule has 0 aliphatic carbocycles. The molecular weight excluding hydrogens is 471 g/mol. The Balaban J connectivity index is 1.87. The normalized spacial score (nSPS) is 13.1. The van der Waals surface area contributed by atoms with Crippen molar-refractivity contribution in [2.75, 3.05) is 0 Å². The maximum Gasteiger partial charge on any atom is 0.404 e. The van der Waals surface area contributed by atoms with E-state index in [0.29, 0.717) is 29.3 Å². The van der Waals surface area contributed by atoms with Crippen LogP contribution in [0.3, 0.4) is 0 Å². The summed E-state index contributed by atoms with van der Waals surface area (Å²) < 4.78 is 66.5. The lowest BCUT2D eigenvalue weighted by Gasteiger charge is -2.17. The van der Waals surface area contributed by atoms with Crippen molar-refractivity contribution in [1.82, 2.24) is 29.2 Å². The van der Waals surface area contributed by atoms with Crippen molar-refractivity contribution >= 4 is 21.1 Å². The molecule has 13 heteroatoms. The van der Waals surface area contributed by atoms with Gasteiger partial charge in [0.05, 0.1) is 35.0 Å². The Morgan fingerprint density at radius 3 is 2.41 bits per heavy atom. The Kier molecular flexibility index (Phi) is 5.80. The van der Waals surface area contributed by atoms with Crippen LogP contribution >= 0.6 is 0 Å². The van der Waals surface area contributed by atoms with Gasteiger partial charge < -0.3 is 4.57 Å². The molecule has 4 rings (SSSR count). The van der Waals surface area contributed by atoms with E-state index in [9.17, 15) is 26.9 Å². The van der Waals surface area contributed by atoms with Crippen LogP contribution in [0, 0.1) is 18.3 Å². The van der Waals surface area contributed by atoms with Gasteiger partial charge in [0.15, 0.2) is 0 Å². The van der Waals surface area contributed by atoms with Crippen molar-refractivity contribution in [3.8, 4) is 23.1 Å². The van der Waals surface area contributed by atoms with Gasteiger partial charge in [-0.1, -0.05) is 0 Å². The second-order valence-electron chi connectivity index (χ2n) is 7.41. The fourth-order valence-corrected chi connectivity index (χ4v) is 4.51. The van der Waals surface area contributed by atoms with Gasteiger partial charge in [-0.15, -0.1) is 0 Å². The first-order valence-electron chi connectivity index (χ1n) is 9.75. The van der Waals surface area contributed by atoms with Crippen LogP contribution in [0.4, 0.5) is 13.2 Å². The highest BCUT2D eigenvalue weighted by molar-refractivity contribution is 7.89. The highest BCUT2D eigenvalue weighted by Gasteiger charge is 2.39. The molecule has 0 aliphatic heterocycles. The lowest BCUT2D eigenvalue weighted by Crippen LogP contribution is -2.42. The first-order chi connectivity index (χ1) is 16.0. The van der Waals surface area contributed by atoms with E-state index >= 15 is 0 Å². The monoisotopic (exact) mass is 487 g/mol. The molecule has 0 radical (unpaired) electrons. The molecule has 1 unspecified atom stereocenters. The van der Waals surface area contributed by atoms with Crippen LogP contribution < -0.4 is 4.72 Å². The molecule has 4 aromatic rings. The van der Waals surface area contributed by atoms with E-state index in [1.165, 1.54) is 24.8 Å². The first-order valence-corrected chi connectivity index (χ1v) is 11.2. The summed E-state index contributed by atoms with van der Waals surface area (Å²) in [7, 11) is -4.49. The smallest absolute Gasteiger partial charge is 0.302 e. The molecule has 4 aromatic heterocycles. The number of aryl methyl sites for hydroxylation is 1. The number of nitriles is 1. The predicted octanol–water partition coefficient (Wildman–Crippen LogP) is 3.29. The number of nitrogens with one attached hydrogen (secondary N) is 1. The van der Waals surface area contributed by atoms with Crippen LogP contribution in [0.5, 0.6) is 0 Å².